The van der Waals surface area contributed by atoms with Crippen molar-refractivity contribution in [1.82, 2.24) is 4.98 Å². The molecule has 10 heteroatoms. The molecule has 1 aromatic carbocycles. The number of nitrogens with zero attached hydrogens (tertiary/aromatic N) is 1. The van der Waals surface area contributed by atoms with E-state index < -0.39 is 37.5 Å². The third-order valence-corrected chi connectivity index (χ3v) is 4.66. The number of esters is 1. The van der Waals surface area contributed by atoms with Gasteiger partial charge in [0.2, 0.25) is 0 Å². The lowest BCUT2D eigenvalue weighted by Gasteiger charge is -2.12. The Balaban J connectivity index is 2.40. The molecule has 0 saturated heterocycles. The van der Waals surface area contributed by atoms with Gasteiger partial charge >= 0.3 is 5.97 Å². The summed E-state index contributed by atoms with van der Waals surface area (Å²) < 4.78 is 58.3. The molecule has 0 spiro atoms. The van der Waals surface area contributed by atoms with E-state index in [1.54, 1.807) is 0 Å². The Morgan fingerprint density at radius 3 is 2.50 bits per heavy atom. The van der Waals surface area contributed by atoms with Crippen molar-refractivity contribution in [3.63, 3.8) is 0 Å². The van der Waals surface area contributed by atoms with Crippen LogP contribution in [0.4, 0.5) is 14.5 Å². The van der Waals surface area contributed by atoms with Crippen LogP contribution in [0.2, 0.25) is 5.02 Å². The van der Waals surface area contributed by atoms with Crippen LogP contribution >= 0.6 is 11.6 Å². The van der Waals surface area contributed by atoms with Gasteiger partial charge < -0.3 is 4.74 Å². The lowest BCUT2D eigenvalue weighted by molar-refractivity contribution is 0.0594. The highest BCUT2D eigenvalue weighted by Crippen LogP contribution is 2.25. The highest BCUT2D eigenvalue weighted by Gasteiger charge is 2.23. The lowest BCUT2D eigenvalue weighted by Crippen LogP contribution is -2.17. The first-order valence-electron chi connectivity index (χ1n) is 6.39. The number of sulfonamides is 1. The van der Waals surface area contributed by atoms with Crippen LogP contribution in [0.3, 0.4) is 0 Å². The summed E-state index contributed by atoms with van der Waals surface area (Å²) in [6.45, 7) is 1.43. The van der Waals surface area contributed by atoms with Gasteiger partial charge in [-0.1, -0.05) is 11.6 Å². The minimum atomic E-state index is -4.42. The van der Waals surface area contributed by atoms with Gasteiger partial charge in [0.1, 0.15) is 22.2 Å². The molecule has 0 aliphatic carbocycles. The minimum absolute atomic E-state index is 0.00240. The lowest BCUT2D eigenvalue weighted by atomic mass is 10.3. The number of carbonyl (C=O) groups is 1. The van der Waals surface area contributed by atoms with Crippen LogP contribution < -0.4 is 4.72 Å². The van der Waals surface area contributed by atoms with Crippen molar-refractivity contribution in [3.8, 4) is 0 Å². The second-order valence-corrected chi connectivity index (χ2v) is 6.68. The monoisotopic (exact) mass is 376 g/mol. The number of aromatic nitrogens is 1. The maximum Gasteiger partial charge on any atom is 0.356 e. The predicted octanol–water partition coefficient (Wildman–Crippen LogP) is 2.91. The molecule has 0 unspecified atom stereocenters. The first kappa shape index (κ1) is 18.1. The molecule has 0 amide bonds. The van der Waals surface area contributed by atoms with E-state index in [0.717, 1.165) is 0 Å². The molecule has 1 N–H and O–H groups in total. The molecule has 0 aliphatic heterocycles. The van der Waals surface area contributed by atoms with E-state index in [1.807, 2.05) is 0 Å². The van der Waals surface area contributed by atoms with E-state index in [2.05, 4.69) is 14.4 Å². The first-order chi connectivity index (χ1) is 11.2. The number of methoxy groups -OCH3 is 1. The Bertz CT molecular complexity index is 919. The summed E-state index contributed by atoms with van der Waals surface area (Å²) in [4.78, 5) is 14.4. The summed E-state index contributed by atoms with van der Waals surface area (Å²) in [6, 6.07) is 3.54. The molecule has 1 aromatic heterocycles. The number of anilines is 1. The molecule has 2 aromatic rings. The van der Waals surface area contributed by atoms with E-state index in [9.17, 15) is 22.0 Å². The van der Waals surface area contributed by atoms with Gasteiger partial charge in [0.05, 0.1) is 23.5 Å². The quantitative estimate of drug-likeness (QED) is 0.655. The van der Waals surface area contributed by atoms with Gasteiger partial charge in [-0.25, -0.2) is 27.0 Å². The number of pyridine rings is 1. The van der Waals surface area contributed by atoms with Gasteiger partial charge in [-0.15, -0.1) is 0 Å². The van der Waals surface area contributed by atoms with Gasteiger partial charge in [-0.3, -0.25) is 4.72 Å². The molecular formula is C14H11ClF2N2O4S. The van der Waals surface area contributed by atoms with Crippen molar-refractivity contribution in [2.45, 2.75) is 11.8 Å². The molecule has 24 heavy (non-hydrogen) atoms. The molecule has 0 radical (unpaired) electrons. The average molecular weight is 377 g/mol. The van der Waals surface area contributed by atoms with Crippen LogP contribution in [0.25, 0.3) is 0 Å². The Morgan fingerprint density at radius 1 is 1.25 bits per heavy atom. The standard InChI is InChI=1S/C14H11ClF2N2O4S/c1-7-11(3-4-12(18-7)14(20)23-2)19-24(21,22)13-6-9(16)8(15)5-10(13)17/h3-6,19H,1-2H3. The number of halogens is 3. The number of ether oxygens (including phenoxy) is 1. The summed E-state index contributed by atoms with van der Waals surface area (Å²) in [6.07, 6.45) is 0. The van der Waals surface area contributed by atoms with Crippen LogP contribution in [0, 0.1) is 18.6 Å². The largest absolute Gasteiger partial charge is 0.464 e. The van der Waals surface area contributed by atoms with Gasteiger partial charge in [-0.05, 0) is 31.2 Å². The normalized spacial score (nSPS) is 11.2. The number of aryl methyl sites for hydroxylation is 1. The van der Waals surface area contributed by atoms with Gasteiger partial charge in [0.25, 0.3) is 10.0 Å². The zero-order valence-corrected chi connectivity index (χ0v) is 14.0. The van der Waals surface area contributed by atoms with Gasteiger partial charge in [0, 0.05) is 0 Å². The summed E-state index contributed by atoms with van der Waals surface area (Å²) in [5, 5.41) is -0.535. The number of benzene rings is 1. The fraction of sp³-hybridized carbons (Fsp3) is 0.143. The topological polar surface area (TPSA) is 85.4 Å². The van der Waals surface area contributed by atoms with E-state index >= 15 is 0 Å². The molecule has 0 fully saturated rings. The van der Waals surface area contributed by atoms with Crippen LogP contribution in [0.5, 0.6) is 0 Å². The van der Waals surface area contributed by atoms with Crippen molar-refractivity contribution < 1.29 is 26.7 Å². The fourth-order valence-electron chi connectivity index (χ4n) is 1.80. The van der Waals surface area contributed by atoms with Crippen molar-refractivity contribution >= 4 is 33.3 Å². The fourth-order valence-corrected chi connectivity index (χ4v) is 3.14. The zero-order valence-electron chi connectivity index (χ0n) is 12.4. The van der Waals surface area contributed by atoms with E-state index in [1.165, 1.54) is 26.2 Å². The Hall–Kier alpha value is -2.26. The van der Waals surface area contributed by atoms with Crippen molar-refractivity contribution in [3.05, 3.63) is 52.3 Å². The number of rotatable bonds is 4. The molecule has 0 aliphatic rings. The maximum absolute atomic E-state index is 13.8. The number of hydrogen-bond acceptors (Lipinski definition) is 5. The highest BCUT2D eigenvalue weighted by molar-refractivity contribution is 7.92. The smallest absolute Gasteiger partial charge is 0.356 e. The Kier molecular flexibility index (Phi) is 5.05. The second-order valence-electron chi connectivity index (χ2n) is 4.62. The van der Waals surface area contributed by atoms with E-state index in [0.29, 0.717) is 12.1 Å². The van der Waals surface area contributed by atoms with E-state index in [-0.39, 0.29) is 17.1 Å². The Labute approximate surface area is 141 Å². The second kappa shape index (κ2) is 6.70. The molecular weight excluding hydrogens is 366 g/mol. The number of hydrogen-bond donors (Lipinski definition) is 1. The summed E-state index contributed by atoms with van der Waals surface area (Å²) in [5.74, 6) is -2.97. The maximum atomic E-state index is 13.8. The first-order valence-corrected chi connectivity index (χ1v) is 8.25. The van der Waals surface area contributed by atoms with Crippen LogP contribution in [0.15, 0.2) is 29.2 Å². The van der Waals surface area contributed by atoms with Crippen LogP contribution in [0.1, 0.15) is 16.2 Å². The molecule has 2 rings (SSSR count). The zero-order chi connectivity index (χ0) is 18.1. The number of nitrogens with one attached hydrogen (secondary N) is 1. The predicted molar refractivity (Wildman–Crippen MR) is 82.5 cm³/mol. The minimum Gasteiger partial charge on any atom is -0.464 e. The van der Waals surface area contributed by atoms with Crippen molar-refractivity contribution in [2.75, 3.05) is 11.8 Å². The molecule has 128 valence electrons. The van der Waals surface area contributed by atoms with Gasteiger partial charge in [-0.2, -0.15) is 0 Å². The Morgan fingerprint density at radius 2 is 1.92 bits per heavy atom. The third-order valence-electron chi connectivity index (χ3n) is 2.99. The molecule has 1 heterocycles. The average Bonchev–Trinajstić information content (AvgIpc) is 2.51. The highest BCUT2D eigenvalue weighted by atomic mass is 35.5. The molecule has 0 atom stereocenters. The number of carbonyl (C=O) groups excluding carboxylic acids is 1. The molecule has 6 nitrogen and oxygen atoms in total. The molecule has 0 saturated carbocycles. The van der Waals surface area contributed by atoms with Crippen LogP contribution in [-0.2, 0) is 14.8 Å². The summed E-state index contributed by atoms with van der Waals surface area (Å²) in [5.41, 5.74) is 0.121. The van der Waals surface area contributed by atoms with Crippen molar-refractivity contribution in [2.24, 2.45) is 0 Å². The molecule has 0 bridgehead atoms. The van der Waals surface area contributed by atoms with E-state index in [4.69, 9.17) is 11.6 Å². The third kappa shape index (κ3) is 3.62. The summed E-state index contributed by atoms with van der Waals surface area (Å²) in [7, 11) is -3.25. The van der Waals surface area contributed by atoms with Crippen LogP contribution in [-0.4, -0.2) is 26.5 Å². The van der Waals surface area contributed by atoms with Crippen molar-refractivity contribution in [1.29, 1.82) is 0 Å². The van der Waals surface area contributed by atoms with Gasteiger partial charge in [0.15, 0.2) is 0 Å². The SMILES string of the molecule is COC(=O)c1ccc(NS(=O)(=O)c2cc(F)c(Cl)cc2F)c(C)n1. The summed E-state index contributed by atoms with van der Waals surface area (Å²) >= 11 is 5.40.